The Morgan fingerprint density at radius 3 is 2.44 bits per heavy atom. The van der Waals surface area contributed by atoms with Crippen LogP contribution in [0.2, 0.25) is 0 Å². The monoisotopic (exact) mass is 504 g/mol. The molecule has 3 N–H and O–H groups in total. The highest BCUT2D eigenvalue weighted by Gasteiger charge is 2.40. The Morgan fingerprint density at radius 2 is 1.83 bits per heavy atom. The van der Waals surface area contributed by atoms with Gasteiger partial charge in [-0.25, -0.2) is 22.9 Å². The number of rotatable bonds is 4. The van der Waals surface area contributed by atoms with Crippen molar-refractivity contribution in [2.24, 2.45) is 11.7 Å². The van der Waals surface area contributed by atoms with Crippen molar-refractivity contribution in [3.05, 3.63) is 63.8 Å². The van der Waals surface area contributed by atoms with Crippen molar-refractivity contribution >= 4 is 23.4 Å². The van der Waals surface area contributed by atoms with E-state index in [1.165, 1.54) is 4.90 Å². The fourth-order valence-electron chi connectivity index (χ4n) is 4.14. The number of benzene rings is 1. The summed E-state index contributed by atoms with van der Waals surface area (Å²) < 4.78 is 49.4. The lowest BCUT2D eigenvalue weighted by atomic mass is 10.0. The second-order valence-corrected chi connectivity index (χ2v) is 9.42. The summed E-state index contributed by atoms with van der Waals surface area (Å²) in [5.41, 5.74) is 2.92. The Kier molecular flexibility index (Phi) is 6.25. The number of pyridine rings is 1. The van der Waals surface area contributed by atoms with Gasteiger partial charge in [0.25, 0.3) is 5.56 Å². The van der Waals surface area contributed by atoms with E-state index in [1.54, 1.807) is 20.8 Å². The number of aromatic carboxylic acids is 1. The number of carbonyl (C=O) groups is 2. The maximum atomic E-state index is 15.2. The van der Waals surface area contributed by atoms with Gasteiger partial charge in [0.05, 0.1) is 18.3 Å². The van der Waals surface area contributed by atoms with Crippen molar-refractivity contribution in [2.45, 2.75) is 39.0 Å². The maximum Gasteiger partial charge on any atom is 0.341 e. The summed E-state index contributed by atoms with van der Waals surface area (Å²) in [5.74, 6) is -6.21. The van der Waals surface area contributed by atoms with Gasteiger partial charge in [-0.15, -0.1) is 0 Å². The average Bonchev–Trinajstić information content (AvgIpc) is 3.14. The fraction of sp³-hybridized carbons (Fsp3) is 0.333. The number of hydrogen-bond acceptors (Lipinski definition) is 7. The molecule has 0 spiro atoms. The smallest absolute Gasteiger partial charge is 0.341 e. The third-order valence-electron chi connectivity index (χ3n) is 5.76. The van der Waals surface area contributed by atoms with Gasteiger partial charge in [0.15, 0.2) is 11.6 Å². The zero-order chi connectivity index (χ0) is 26.5. The molecule has 0 radical (unpaired) electrons. The van der Waals surface area contributed by atoms with E-state index >= 15 is 4.39 Å². The van der Waals surface area contributed by atoms with Crippen LogP contribution in [0.15, 0.2) is 35.3 Å². The number of esters is 1. The first-order valence-corrected chi connectivity index (χ1v) is 11.0. The lowest BCUT2D eigenvalue weighted by Crippen LogP contribution is -2.45. The Balaban J connectivity index is 1.88. The Labute approximate surface area is 202 Å². The van der Waals surface area contributed by atoms with Gasteiger partial charge in [-0.1, -0.05) is 0 Å². The number of aromatic nitrogens is 2. The first-order valence-electron chi connectivity index (χ1n) is 11.0. The molecule has 0 aliphatic carbocycles. The summed E-state index contributed by atoms with van der Waals surface area (Å²) in [6.07, 6.45) is -0.0439. The maximum absolute atomic E-state index is 15.2. The van der Waals surface area contributed by atoms with Crippen LogP contribution in [0.5, 0.6) is 0 Å². The quantitative estimate of drug-likeness (QED) is 0.520. The predicted molar refractivity (Wildman–Crippen MR) is 123 cm³/mol. The molecule has 2 atom stereocenters. The van der Waals surface area contributed by atoms with Crippen molar-refractivity contribution in [3.8, 4) is 11.1 Å². The molecule has 1 saturated heterocycles. The van der Waals surface area contributed by atoms with Crippen LogP contribution in [0.3, 0.4) is 0 Å². The zero-order valence-electron chi connectivity index (χ0n) is 19.6. The molecule has 1 aliphatic rings. The molecule has 1 fully saturated rings. The molecule has 1 aromatic carbocycles. The molecular formula is C24H23F3N4O5. The molecule has 0 bridgehead atoms. The molecule has 36 heavy (non-hydrogen) atoms. The number of nitrogens with zero attached hydrogens (tertiary/aromatic N) is 3. The van der Waals surface area contributed by atoms with Crippen molar-refractivity contribution in [1.29, 1.82) is 0 Å². The number of nitrogens with two attached hydrogens (primary N) is 1. The standard InChI is InChI=1S/C24H23F3N4O5/c1-24(2,3)36-23(35)13-6-7-30(18(13)28)20-17(27)10-31-19(29-20)14(9-15(21(31)32)22(33)34)12-5-4-11(25)8-16(12)26/h4-5,8-10,13,18H,6-7,28H2,1-3H3,(H,33,34). The number of fused-ring (bicyclic) bond motifs is 1. The molecule has 2 unspecified atom stereocenters. The van der Waals surface area contributed by atoms with Crippen LogP contribution in [-0.2, 0) is 9.53 Å². The van der Waals surface area contributed by atoms with Gasteiger partial charge in [0.1, 0.15) is 28.4 Å². The van der Waals surface area contributed by atoms with E-state index in [4.69, 9.17) is 10.5 Å². The summed E-state index contributed by atoms with van der Waals surface area (Å²) in [4.78, 5) is 42.5. The summed E-state index contributed by atoms with van der Waals surface area (Å²) in [6, 6.07) is 3.50. The molecule has 0 amide bonds. The fourth-order valence-corrected chi connectivity index (χ4v) is 4.14. The van der Waals surface area contributed by atoms with Crippen molar-refractivity contribution in [2.75, 3.05) is 11.4 Å². The Bertz CT molecular complexity index is 1450. The Morgan fingerprint density at radius 1 is 1.14 bits per heavy atom. The second kappa shape index (κ2) is 8.94. The van der Waals surface area contributed by atoms with Gasteiger partial charge in [-0.3, -0.25) is 14.0 Å². The number of ether oxygens (including phenoxy) is 1. The third kappa shape index (κ3) is 4.51. The number of anilines is 1. The molecule has 9 nitrogen and oxygen atoms in total. The summed E-state index contributed by atoms with van der Waals surface area (Å²) >= 11 is 0. The van der Waals surface area contributed by atoms with E-state index in [9.17, 15) is 28.3 Å². The van der Waals surface area contributed by atoms with E-state index in [1.807, 2.05) is 0 Å². The molecule has 3 aromatic rings. The van der Waals surface area contributed by atoms with Crippen LogP contribution in [0.4, 0.5) is 19.0 Å². The van der Waals surface area contributed by atoms with Gasteiger partial charge in [-0.2, -0.15) is 0 Å². The van der Waals surface area contributed by atoms with E-state index in [-0.39, 0.29) is 35.6 Å². The predicted octanol–water partition coefficient (Wildman–Crippen LogP) is 2.93. The molecule has 3 heterocycles. The molecule has 1 aliphatic heterocycles. The zero-order valence-corrected chi connectivity index (χ0v) is 19.6. The summed E-state index contributed by atoms with van der Waals surface area (Å²) in [6.45, 7) is 5.23. The van der Waals surface area contributed by atoms with E-state index < -0.39 is 58.2 Å². The first-order chi connectivity index (χ1) is 16.8. The molecule has 190 valence electrons. The average molecular weight is 504 g/mol. The number of hydrogen-bond donors (Lipinski definition) is 2. The van der Waals surface area contributed by atoms with Gasteiger partial charge >= 0.3 is 11.9 Å². The minimum atomic E-state index is -1.62. The van der Waals surface area contributed by atoms with Gasteiger partial charge in [0, 0.05) is 23.7 Å². The third-order valence-corrected chi connectivity index (χ3v) is 5.76. The Hall–Kier alpha value is -3.93. The minimum Gasteiger partial charge on any atom is -0.477 e. The van der Waals surface area contributed by atoms with Crippen LogP contribution in [-0.4, -0.2) is 44.7 Å². The van der Waals surface area contributed by atoms with Crippen LogP contribution >= 0.6 is 0 Å². The number of carboxylic acids is 1. The molecule has 0 saturated carbocycles. The highest BCUT2D eigenvalue weighted by atomic mass is 19.1. The van der Waals surface area contributed by atoms with E-state index in [0.29, 0.717) is 10.5 Å². The van der Waals surface area contributed by atoms with Crippen LogP contribution in [0, 0.1) is 23.4 Å². The number of halogens is 3. The lowest BCUT2D eigenvalue weighted by Gasteiger charge is -2.27. The van der Waals surface area contributed by atoms with E-state index in [0.717, 1.165) is 24.4 Å². The first kappa shape index (κ1) is 25.2. The van der Waals surface area contributed by atoms with Gasteiger partial charge in [-0.05, 0) is 45.4 Å². The highest BCUT2D eigenvalue weighted by Crippen LogP contribution is 2.33. The van der Waals surface area contributed by atoms with Crippen molar-refractivity contribution < 1.29 is 32.6 Å². The van der Waals surface area contributed by atoms with Gasteiger partial charge in [0.2, 0.25) is 0 Å². The molecule has 4 rings (SSSR count). The molecule has 2 aromatic heterocycles. The van der Waals surface area contributed by atoms with Crippen molar-refractivity contribution in [3.63, 3.8) is 0 Å². The minimum absolute atomic E-state index is 0.128. The normalized spacial score (nSPS) is 18.0. The molecular weight excluding hydrogens is 481 g/mol. The van der Waals surface area contributed by atoms with Crippen molar-refractivity contribution in [1.82, 2.24) is 9.38 Å². The van der Waals surface area contributed by atoms with Crippen LogP contribution in [0.1, 0.15) is 37.6 Å². The van der Waals surface area contributed by atoms with Crippen LogP contribution in [0.25, 0.3) is 16.8 Å². The SMILES string of the molecule is CC(C)(C)OC(=O)C1CCN(c2nc3c(-c4ccc(F)cc4F)cc(C(=O)O)c(=O)n3cc2F)C1N. The van der Waals surface area contributed by atoms with E-state index in [2.05, 4.69) is 4.98 Å². The summed E-state index contributed by atoms with van der Waals surface area (Å²) in [7, 11) is 0. The molecule has 12 heteroatoms. The van der Waals surface area contributed by atoms with Crippen LogP contribution < -0.4 is 16.2 Å². The van der Waals surface area contributed by atoms with Gasteiger partial charge < -0.3 is 20.5 Å². The highest BCUT2D eigenvalue weighted by molar-refractivity contribution is 5.91. The number of carboxylic acid groups (broad SMARTS) is 1. The summed E-state index contributed by atoms with van der Waals surface area (Å²) in [5, 5.41) is 9.45. The number of carbonyl (C=O) groups excluding carboxylic acids is 1. The lowest BCUT2D eigenvalue weighted by molar-refractivity contribution is -0.160. The largest absolute Gasteiger partial charge is 0.477 e. The topological polar surface area (TPSA) is 127 Å². The second-order valence-electron chi connectivity index (χ2n) is 9.42.